The van der Waals surface area contributed by atoms with Crippen LogP contribution in [0.15, 0.2) is 36.4 Å². The normalized spacial score (nSPS) is 10.1. The first-order valence-electron chi connectivity index (χ1n) is 9.01. The van der Waals surface area contributed by atoms with Crippen LogP contribution in [-0.4, -0.2) is 5.11 Å². The summed E-state index contributed by atoms with van der Waals surface area (Å²) in [4.78, 5) is 0. The van der Waals surface area contributed by atoms with Crippen molar-refractivity contribution in [1.82, 2.24) is 0 Å². The predicted molar refractivity (Wildman–Crippen MR) is 101 cm³/mol. The molecule has 1 heteroatoms. The number of phenolic OH excluding ortho intramolecular Hbond substituents is 1. The zero-order valence-electron chi connectivity index (χ0n) is 15.4. The van der Waals surface area contributed by atoms with Crippen molar-refractivity contribution in [3.63, 3.8) is 0 Å². The molecule has 126 valence electrons. The summed E-state index contributed by atoms with van der Waals surface area (Å²) in [6.07, 6.45) is 5.90. The fraction of sp³-hybridized carbons (Fsp3) is 0.455. The lowest BCUT2D eigenvalue weighted by atomic mass is 9.86. The highest BCUT2D eigenvalue weighted by Crippen LogP contribution is 2.26. The SMILES string of the molecule is CCc1cc(CC)c(CC)c(CC)c1CC.Oc1ccccc1. The molecule has 0 aromatic heterocycles. The van der Waals surface area contributed by atoms with E-state index in [1.54, 1.807) is 52.1 Å². The number of phenols is 1. The first-order valence-corrected chi connectivity index (χ1v) is 9.01. The van der Waals surface area contributed by atoms with E-state index in [1.165, 1.54) is 32.1 Å². The van der Waals surface area contributed by atoms with Crippen LogP contribution in [0.1, 0.15) is 62.4 Å². The molecule has 0 saturated heterocycles. The van der Waals surface area contributed by atoms with Crippen molar-refractivity contribution in [2.24, 2.45) is 0 Å². The Morgan fingerprint density at radius 2 is 1.04 bits per heavy atom. The molecule has 0 saturated carbocycles. The van der Waals surface area contributed by atoms with Gasteiger partial charge in [0.05, 0.1) is 0 Å². The topological polar surface area (TPSA) is 20.2 Å². The van der Waals surface area contributed by atoms with Gasteiger partial charge >= 0.3 is 0 Å². The summed E-state index contributed by atoms with van der Waals surface area (Å²) in [7, 11) is 0. The molecule has 0 aliphatic carbocycles. The summed E-state index contributed by atoms with van der Waals surface area (Å²) in [5, 5.41) is 8.63. The third-order valence-electron chi connectivity index (χ3n) is 4.43. The monoisotopic (exact) mass is 312 g/mol. The summed E-state index contributed by atoms with van der Waals surface area (Å²) in [5.41, 5.74) is 8.04. The molecule has 2 aromatic rings. The second kappa shape index (κ2) is 10.1. The van der Waals surface area contributed by atoms with Crippen molar-refractivity contribution < 1.29 is 5.11 Å². The Hall–Kier alpha value is -1.76. The first-order chi connectivity index (χ1) is 11.1. The highest BCUT2D eigenvalue weighted by Gasteiger charge is 2.12. The zero-order chi connectivity index (χ0) is 17.2. The van der Waals surface area contributed by atoms with E-state index in [2.05, 4.69) is 40.7 Å². The second-order valence-corrected chi connectivity index (χ2v) is 5.73. The van der Waals surface area contributed by atoms with Crippen LogP contribution in [0.4, 0.5) is 0 Å². The number of aryl methyl sites for hydroxylation is 2. The Morgan fingerprint density at radius 3 is 1.30 bits per heavy atom. The zero-order valence-corrected chi connectivity index (χ0v) is 15.4. The molecule has 23 heavy (non-hydrogen) atoms. The Balaban J connectivity index is 0.000000313. The minimum atomic E-state index is 0.322. The van der Waals surface area contributed by atoms with Crippen LogP contribution >= 0.6 is 0 Å². The van der Waals surface area contributed by atoms with Gasteiger partial charge in [-0.3, -0.25) is 0 Å². The van der Waals surface area contributed by atoms with Crippen LogP contribution in [0, 0.1) is 0 Å². The lowest BCUT2D eigenvalue weighted by molar-refractivity contribution is 0.475. The summed E-state index contributed by atoms with van der Waals surface area (Å²) in [5.74, 6) is 0.322. The number of benzene rings is 2. The van der Waals surface area contributed by atoms with Crippen LogP contribution in [0.5, 0.6) is 5.75 Å². The minimum absolute atomic E-state index is 0.322. The van der Waals surface area contributed by atoms with Crippen molar-refractivity contribution in [1.29, 1.82) is 0 Å². The smallest absolute Gasteiger partial charge is 0.115 e. The molecule has 0 bridgehead atoms. The van der Waals surface area contributed by atoms with Gasteiger partial charge in [0.2, 0.25) is 0 Å². The molecule has 0 heterocycles. The summed E-state index contributed by atoms with van der Waals surface area (Å²) >= 11 is 0. The van der Waals surface area contributed by atoms with Gasteiger partial charge < -0.3 is 5.11 Å². The molecule has 2 aromatic carbocycles. The van der Waals surface area contributed by atoms with Crippen molar-refractivity contribution >= 4 is 0 Å². The Bertz CT molecular complexity index is 554. The first kappa shape index (κ1) is 19.3. The van der Waals surface area contributed by atoms with Crippen molar-refractivity contribution in [3.05, 3.63) is 64.2 Å². The molecule has 0 aliphatic heterocycles. The van der Waals surface area contributed by atoms with Gasteiger partial charge in [0.1, 0.15) is 5.75 Å². The van der Waals surface area contributed by atoms with Crippen LogP contribution in [0.2, 0.25) is 0 Å². The molecule has 2 rings (SSSR count). The molecule has 0 aliphatic rings. The summed E-state index contributed by atoms with van der Waals surface area (Å²) in [6, 6.07) is 11.2. The molecule has 0 radical (unpaired) electrons. The molecule has 0 atom stereocenters. The van der Waals surface area contributed by atoms with Gasteiger partial charge in [-0.1, -0.05) is 58.9 Å². The fourth-order valence-electron chi connectivity index (χ4n) is 3.32. The molecule has 0 spiro atoms. The van der Waals surface area contributed by atoms with E-state index in [1.807, 2.05) is 6.07 Å². The minimum Gasteiger partial charge on any atom is -0.508 e. The number of hydrogen-bond acceptors (Lipinski definition) is 1. The van der Waals surface area contributed by atoms with Crippen LogP contribution < -0.4 is 0 Å². The Labute approximate surface area is 142 Å². The van der Waals surface area contributed by atoms with Gasteiger partial charge in [0.25, 0.3) is 0 Å². The van der Waals surface area contributed by atoms with E-state index in [0.29, 0.717) is 5.75 Å². The Kier molecular flexibility index (Phi) is 8.47. The average Bonchev–Trinajstić information content (AvgIpc) is 2.60. The highest BCUT2D eigenvalue weighted by atomic mass is 16.3. The average molecular weight is 312 g/mol. The van der Waals surface area contributed by atoms with Crippen LogP contribution in [0.3, 0.4) is 0 Å². The molecule has 0 unspecified atom stereocenters. The van der Waals surface area contributed by atoms with E-state index in [0.717, 1.165) is 0 Å². The number of para-hydroxylation sites is 1. The lowest BCUT2D eigenvalue weighted by Gasteiger charge is -2.19. The molecular formula is C22H32O. The van der Waals surface area contributed by atoms with Gasteiger partial charge in [-0.15, -0.1) is 0 Å². The molecular weight excluding hydrogens is 280 g/mol. The quantitative estimate of drug-likeness (QED) is 0.729. The molecule has 1 N–H and O–H groups in total. The van der Waals surface area contributed by atoms with Crippen molar-refractivity contribution in [3.8, 4) is 5.75 Å². The van der Waals surface area contributed by atoms with E-state index in [4.69, 9.17) is 5.11 Å². The molecule has 0 amide bonds. The second-order valence-electron chi connectivity index (χ2n) is 5.73. The summed E-state index contributed by atoms with van der Waals surface area (Å²) in [6.45, 7) is 11.4. The van der Waals surface area contributed by atoms with Crippen LogP contribution in [0.25, 0.3) is 0 Å². The number of aromatic hydroxyl groups is 1. The van der Waals surface area contributed by atoms with Crippen molar-refractivity contribution in [2.75, 3.05) is 0 Å². The third kappa shape index (κ3) is 5.13. The fourth-order valence-corrected chi connectivity index (χ4v) is 3.32. The molecule has 0 fully saturated rings. The van der Waals surface area contributed by atoms with Crippen molar-refractivity contribution in [2.45, 2.75) is 66.7 Å². The van der Waals surface area contributed by atoms with Crippen LogP contribution in [-0.2, 0) is 32.1 Å². The van der Waals surface area contributed by atoms with Gasteiger partial charge in [-0.05, 0) is 72.1 Å². The standard InChI is InChI=1S/C16H26.C6H6O/c1-6-12-11-13(7-2)15(9-4)16(10-5)14(12)8-3;7-6-4-2-1-3-5-6/h11H,6-10H2,1-5H3;1-5,7H. The Morgan fingerprint density at radius 1 is 0.609 bits per heavy atom. The lowest BCUT2D eigenvalue weighted by Crippen LogP contribution is -2.06. The third-order valence-corrected chi connectivity index (χ3v) is 4.43. The summed E-state index contributed by atoms with van der Waals surface area (Å²) < 4.78 is 0. The van der Waals surface area contributed by atoms with Gasteiger partial charge in [0.15, 0.2) is 0 Å². The van der Waals surface area contributed by atoms with E-state index < -0.39 is 0 Å². The largest absolute Gasteiger partial charge is 0.508 e. The maximum absolute atomic E-state index is 8.63. The van der Waals surface area contributed by atoms with Gasteiger partial charge in [-0.25, -0.2) is 0 Å². The highest BCUT2D eigenvalue weighted by molar-refractivity contribution is 5.46. The van der Waals surface area contributed by atoms with E-state index in [-0.39, 0.29) is 0 Å². The van der Waals surface area contributed by atoms with E-state index in [9.17, 15) is 0 Å². The maximum Gasteiger partial charge on any atom is 0.115 e. The maximum atomic E-state index is 8.63. The predicted octanol–water partition coefficient (Wildman–Crippen LogP) is 5.89. The number of hydrogen-bond donors (Lipinski definition) is 1. The van der Waals surface area contributed by atoms with E-state index >= 15 is 0 Å². The van der Waals surface area contributed by atoms with Gasteiger partial charge in [0, 0.05) is 0 Å². The number of rotatable bonds is 5. The van der Waals surface area contributed by atoms with Gasteiger partial charge in [-0.2, -0.15) is 0 Å². The molecule has 1 nitrogen and oxygen atoms in total.